The topological polar surface area (TPSA) is 68.6 Å². The van der Waals surface area contributed by atoms with Gasteiger partial charge in [0.15, 0.2) is 0 Å². The third-order valence-electron chi connectivity index (χ3n) is 4.90. The molecule has 1 fully saturated rings. The first-order valence-corrected chi connectivity index (χ1v) is 9.03. The maximum absolute atomic E-state index is 12.6. The molecule has 1 aliphatic heterocycles. The molecular weight excluding hydrogens is 332 g/mol. The summed E-state index contributed by atoms with van der Waals surface area (Å²) in [7, 11) is 1.62. The molecule has 4 rings (SSSR count). The second kappa shape index (κ2) is 7.37. The summed E-state index contributed by atoms with van der Waals surface area (Å²) in [5.41, 5.74) is 2.76. The van der Waals surface area contributed by atoms with E-state index in [0.29, 0.717) is 19.7 Å². The minimum absolute atomic E-state index is 0.104. The fraction of sp³-hybridized carbons (Fsp3) is 0.474. The minimum Gasteiger partial charge on any atom is -0.497 e. The molecule has 2 aromatic rings. The molecule has 7 heteroatoms. The van der Waals surface area contributed by atoms with Crippen molar-refractivity contribution in [3.63, 3.8) is 0 Å². The first-order chi connectivity index (χ1) is 12.7. The Hall–Kier alpha value is -2.54. The SMILES string of the molecule is COc1ccc(NC(=O)N2CCn3cnc(COCC4CC4)c3C2)cc1. The van der Waals surface area contributed by atoms with Gasteiger partial charge in [0, 0.05) is 25.4 Å². The summed E-state index contributed by atoms with van der Waals surface area (Å²) in [5.74, 6) is 1.50. The summed E-state index contributed by atoms with van der Waals surface area (Å²) in [6, 6.07) is 7.23. The van der Waals surface area contributed by atoms with Gasteiger partial charge in [0.1, 0.15) is 5.75 Å². The van der Waals surface area contributed by atoms with E-state index in [1.807, 2.05) is 35.5 Å². The first kappa shape index (κ1) is 16.9. The number of methoxy groups -OCH3 is 1. The lowest BCUT2D eigenvalue weighted by atomic mass is 10.2. The Morgan fingerprint density at radius 3 is 2.81 bits per heavy atom. The molecule has 2 amide bonds. The Balaban J connectivity index is 1.36. The molecule has 2 aliphatic rings. The van der Waals surface area contributed by atoms with Crippen LogP contribution in [0.1, 0.15) is 24.2 Å². The average Bonchev–Trinajstić information content (AvgIpc) is 3.41. The molecule has 1 aromatic carbocycles. The van der Waals surface area contributed by atoms with Crippen LogP contribution in [0, 0.1) is 5.92 Å². The lowest BCUT2D eigenvalue weighted by Gasteiger charge is -2.29. The predicted octanol–water partition coefficient (Wildman–Crippen LogP) is 2.87. The first-order valence-electron chi connectivity index (χ1n) is 9.03. The van der Waals surface area contributed by atoms with E-state index in [1.165, 1.54) is 12.8 Å². The van der Waals surface area contributed by atoms with Crippen LogP contribution in [0.3, 0.4) is 0 Å². The molecule has 1 aromatic heterocycles. The van der Waals surface area contributed by atoms with Crippen LogP contribution in [0.15, 0.2) is 30.6 Å². The number of hydrogen-bond acceptors (Lipinski definition) is 4. The number of anilines is 1. The summed E-state index contributed by atoms with van der Waals surface area (Å²) < 4.78 is 13.0. The number of nitrogens with one attached hydrogen (secondary N) is 1. The number of carbonyl (C=O) groups excluding carboxylic acids is 1. The van der Waals surface area contributed by atoms with E-state index in [0.717, 1.165) is 41.9 Å². The monoisotopic (exact) mass is 356 g/mol. The summed E-state index contributed by atoms with van der Waals surface area (Å²) in [6.45, 7) is 3.29. The number of benzene rings is 1. The van der Waals surface area contributed by atoms with Crippen LogP contribution < -0.4 is 10.1 Å². The number of ether oxygens (including phenoxy) is 2. The van der Waals surface area contributed by atoms with Gasteiger partial charge >= 0.3 is 6.03 Å². The molecule has 7 nitrogen and oxygen atoms in total. The number of carbonyl (C=O) groups is 1. The number of rotatable bonds is 6. The molecule has 0 atom stereocenters. The zero-order chi connectivity index (χ0) is 17.9. The summed E-state index contributed by atoms with van der Waals surface area (Å²) >= 11 is 0. The molecule has 2 heterocycles. The number of hydrogen-bond donors (Lipinski definition) is 1. The van der Waals surface area contributed by atoms with Crippen LogP contribution >= 0.6 is 0 Å². The zero-order valence-corrected chi connectivity index (χ0v) is 15.0. The van der Waals surface area contributed by atoms with E-state index < -0.39 is 0 Å². The normalized spacial score (nSPS) is 16.3. The van der Waals surface area contributed by atoms with Crippen LogP contribution in [-0.4, -0.2) is 40.7 Å². The van der Waals surface area contributed by atoms with Crippen LogP contribution in [0.4, 0.5) is 10.5 Å². The third kappa shape index (κ3) is 3.83. The van der Waals surface area contributed by atoms with Gasteiger partial charge in [-0.3, -0.25) is 0 Å². The van der Waals surface area contributed by atoms with Crippen molar-refractivity contribution in [2.45, 2.75) is 32.5 Å². The van der Waals surface area contributed by atoms with Crippen LogP contribution in [-0.2, 0) is 24.4 Å². The molecule has 26 heavy (non-hydrogen) atoms. The molecule has 1 saturated carbocycles. The van der Waals surface area contributed by atoms with Gasteiger partial charge in [-0.25, -0.2) is 9.78 Å². The van der Waals surface area contributed by atoms with E-state index in [-0.39, 0.29) is 6.03 Å². The van der Waals surface area contributed by atoms with E-state index in [9.17, 15) is 4.79 Å². The summed E-state index contributed by atoms with van der Waals surface area (Å²) in [4.78, 5) is 18.9. The lowest BCUT2D eigenvalue weighted by Crippen LogP contribution is -2.40. The second-order valence-electron chi connectivity index (χ2n) is 6.87. The molecule has 0 saturated heterocycles. The van der Waals surface area contributed by atoms with Gasteiger partial charge in [-0.05, 0) is 43.0 Å². The largest absolute Gasteiger partial charge is 0.497 e. The Kier molecular flexibility index (Phi) is 4.79. The minimum atomic E-state index is -0.104. The molecule has 0 unspecified atom stereocenters. The van der Waals surface area contributed by atoms with Crippen molar-refractivity contribution >= 4 is 11.7 Å². The van der Waals surface area contributed by atoms with Crippen molar-refractivity contribution in [1.29, 1.82) is 0 Å². The Morgan fingerprint density at radius 2 is 2.08 bits per heavy atom. The fourth-order valence-electron chi connectivity index (χ4n) is 3.09. The fourth-order valence-corrected chi connectivity index (χ4v) is 3.09. The molecule has 1 N–H and O–H groups in total. The van der Waals surface area contributed by atoms with Gasteiger partial charge in [-0.1, -0.05) is 0 Å². The lowest BCUT2D eigenvalue weighted by molar-refractivity contribution is 0.107. The molecule has 0 bridgehead atoms. The van der Waals surface area contributed by atoms with Gasteiger partial charge in [0.2, 0.25) is 0 Å². The van der Waals surface area contributed by atoms with Crippen molar-refractivity contribution in [3.8, 4) is 5.75 Å². The number of urea groups is 1. The van der Waals surface area contributed by atoms with Crippen molar-refractivity contribution in [2.75, 3.05) is 25.6 Å². The number of aromatic nitrogens is 2. The standard InChI is InChI=1S/C19H24N4O3/c1-25-16-6-4-15(5-7-16)21-19(24)22-8-9-23-13-20-17(18(23)10-22)12-26-11-14-2-3-14/h4-7,13-14H,2-3,8-12H2,1H3,(H,21,24). The molecule has 1 aliphatic carbocycles. The third-order valence-corrected chi connectivity index (χ3v) is 4.90. The summed E-state index contributed by atoms with van der Waals surface area (Å²) in [6.07, 6.45) is 4.41. The number of nitrogens with zero attached hydrogens (tertiary/aromatic N) is 3. The van der Waals surface area contributed by atoms with Crippen molar-refractivity contribution in [2.24, 2.45) is 5.92 Å². The molecular formula is C19H24N4O3. The molecule has 0 radical (unpaired) electrons. The number of imidazole rings is 1. The van der Waals surface area contributed by atoms with Gasteiger partial charge < -0.3 is 24.3 Å². The van der Waals surface area contributed by atoms with Crippen LogP contribution in [0.2, 0.25) is 0 Å². The zero-order valence-electron chi connectivity index (χ0n) is 15.0. The Bertz CT molecular complexity index is 768. The Morgan fingerprint density at radius 1 is 1.27 bits per heavy atom. The summed E-state index contributed by atoms with van der Waals surface area (Å²) in [5, 5.41) is 2.94. The smallest absolute Gasteiger partial charge is 0.322 e. The van der Waals surface area contributed by atoms with Gasteiger partial charge in [-0.2, -0.15) is 0 Å². The van der Waals surface area contributed by atoms with E-state index in [2.05, 4.69) is 14.9 Å². The van der Waals surface area contributed by atoms with Crippen LogP contribution in [0.25, 0.3) is 0 Å². The van der Waals surface area contributed by atoms with Crippen molar-refractivity contribution < 1.29 is 14.3 Å². The van der Waals surface area contributed by atoms with Gasteiger partial charge in [0.05, 0.1) is 38.0 Å². The Labute approximate surface area is 152 Å². The second-order valence-corrected chi connectivity index (χ2v) is 6.87. The molecule has 138 valence electrons. The highest BCUT2D eigenvalue weighted by Crippen LogP contribution is 2.29. The highest BCUT2D eigenvalue weighted by molar-refractivity contribution is 5.89. The highest BCUT2D eigenvalue weighted by Gasteiger charge is 2.25. The molecule has 0 spiro atoms. The number of fused-ring (bicyclic) bond motifs is 1. The highest BCUT2D eigenvalue weighted by atomic mass is 16.5. The van der Waals surface area contributed by atoms with E-state index in [1.54, 1.807) is 7.11 Å². The van der Waals surface area contributed by atoms with Crippen molar-refractivity contribution in [1.82, 2.24) is 14.5 Å². The van der Waals surface area contributed by atoms with E-state index >= 15 is 0 Å². The van der Waals surface area contributed by atoms with E-state index in [4.69, 9.17) is 9.47 Å². The van der Waals surface area contributed by atoms with Crippen molar-refractivity contribution in [3.05, 3.63) is 42.0 Å². The number of amides is 2. The average molecular weight is 356 g/mol. The maximum Gasteiger partial charge on any atom is 0.322 e. The van der Waals surface area contributed by atoms with Gasteiger partial charge in [-0.15, -0.1) is 0 Å². The van der Waals surface area contributed by atoms with Gasteiger partial charge in [0.25, 0.3) is 0 Å². The quantitative estimate of drug-likeness (QED) is 0.864. The van der Waals surface area contributed by atoms with Crippen LogP contribution in [0.5, 0.6) is 5.75 Å². The maximum atomic E-state index is 12.6. The predicted molar refractivity (Wildman–Crippen MR) is 97.0 cm³/mol.